The molecule has 0 radical (unpaired) electrons. The zero-order chi connectivity index (χ0) is 21.2. The molecule has 1 amide bonds. The maximum absolute atomic E-state index is 13.3. The molecule has 2 heterocycles. The van der Waals surface area contributed by atoms with Gasteiger partial charge >= 0.3 is 5.97 Å². The molecule has 0 bridgehead atoms. The molecule has 8 nitrogen and oxygen atoms in total. The summed E-state index contributed by atoms with van der Waals surface area (Å²) in [4.78, 5) is 26.2. The van der Waals surface area contributed by atoms with E-state index in [-0.39, 0.29) is 42.1 Å². The molecule has 0 saturated carbocycles. The van der Waals surface area contributed by atoms with Crippen molar-refractivity contribution >= 4 is 33.5 Å². The first kappa shape index (κ1) is 21.9. The molecular formula is C18H22ClFN2O6S. The third kappa shape index (κ3) is 4.55. The first-order chi connectivity index (χ1) is 13.8. The quantitative estimate of drug-likeness (QED) is 0.644. The molecule has 1 aromatic rings. The lowest BCUT2D eigenvalue weighted by Gasteiger charge is -2.38. The Morgan fingerprint density at radius 1 is 1.24 bits per heavy atom. The Morgan fingerprint density at radius 2 is 1.93 bits per heavy atom. The van der Waals surface area contributed by atoms with Gasteiger partial charge in [0.15, 0.2) is 6.04 Å². The van der Waals surface area contributed by atoms with Crippen molar-refractivity contribution in [3.8, 4) is 0 Å². The van der Waals surface area contributed by atoms with Crippen molar-refractivity contribution < 1.29 is 31.9 Å². The van der Waals surface area contributed by atoms with Gasteiger partial charge in [0.05, 0.1) is 30.2 Å². The molecule has 0 spiro atoms. The number of hydrogen-bond donors (Lipinski definition) is 0. The van der Waals surface area contributed by atoms with Crippen LogP contribution in [0.4, 0.5) is 4.39 Å². The number of carbonyl (C=O) groups excluding carboxylic acids is 2. The number of rotatable bonds is 4. The van der Waals surface area contributed by atoms with Gasteiger partial charge in [-0.2, -0.15) is 4.31 Å². The molecule has 29 heavy (non-hydrogen) atoms. The molecule has 0 aromatic heterocycles. The van der Waals surface area contributed by atoms with Crippen molar-refractivity contribution in [3.63, 3.8) is 0 Å². The second kappa shape index (κ2) is 8.95. The van der Waals surface area contributed by atoms with Crippen LogP contribution in [0.3, 0.4) is 0 Å². The minimum Gasteiger partial charge on any atom is -0.467 e. The molecule has 160 valence electrons. The van der Waals surface area contributed by atoms with E-state index in [2.05, 4.69) is 0 Å². The van der Waals surface area contributed by atoms with Gasteiger partial charge in [-0.15, -0.1) is 0 Å². The molecule has 0 aliphatic carbocycles. The highest BCUT2D eigenvalue weighted by Crippen LogP contribution is 2.28. The highest BCUT2D eigenvalue weighted by molar-refractivity contribution is 7.89. The maximum atomic E-state index is 13.3. The first-order valence-corrected chi connectivity index (χ1v) is 11.0. The summed E-state index contributed by atoms with van der Waals surface area (Å²) < 4.78 is 50.2. The Bertz CT molecular complexity index is 888. The molecule has 2 fully saturated rings. The van der Waals surface area contributed by atoms with Crippen LogP contribution in [-0.2, 0) is 29.1 Å². The normalized spacial score (nSPS) is 21.8. The van der Waals surface area contributed by atoms with Crippen LogP contribution in [0.25, 0.3) is 0 Å². The number of morpholine rings is 1. The number of carbonyl (C=O) groups is 2. The molecule has 1 aromatic carbocycles. The van der Waals surface area contributed by atoms with Gasteiger partial charge in [-0.05, 0) is 31.0 Å². The maximum Gasteiger partial charge on any atom is 0.331 e. The van der Waals surface area contributed by atoms with E-state index in [4.69, 9.17) is 21.1 Å². The van der Waals surface area contributed by atoms with Crippen molar-refractivity contribution in [3.05, 3.63) is 29.0 Å². The average molecular weight is 449 g/mol. The Labute approximate surface area is 173 Å². The average Bonchev–Trinajstić information content (AvgIpc) is 2.74. The molecule has 1 atom stereocenters. The summed E-state index contributed by atoms with van der Waals surface area (Å²) in [6.07, 6.45) is 0.635. The van der Waals surface area contributed by atoms with Crippen molar-refractivity contribution in [2.45, 2.75) is 23.8 Å². The number of benzene rings is 1. The van der Waals surface area contributed by atoms with Gasteiger partial charge in [0.25, 0.3) is 0 Å². The summed E-state index contributed by atoms with van der Waals surface area (Å²) in [6.45, 7) is 0.974. The smallest absolute Gasteiger partial charge is 0.331 e. The number of amides is 1. The molecule has 2 aliphatic rings. The Balaban J connectivity index is 1.67. The summed E-state index contributed by atoms with van der Waals surface area (Å²) in [7, 11) is -2.59. The fraction of sp³-hybridized carbons (Fsp3) is 0.556. The van der Waals surface area contributed by atoms with Crippen LogP contribution in [0.2, 0.25) is 5.02 Å². The van der Waals surface area contributed by atoms with Crippen LogP contribution in [0, 0.1) is 11.7 Å². The van der Waals surface area contributed by atoms with Crippen molar-refractivity contribution in [1.29, 1.82) is 0 Å². The predicted octanol–water partition coefficient (Wildman–Crippen LogP) is 1.28. The molecule has 0 unspecified atom stereocenters. The summed E-state index contributed by atoms with van der Waals surface area (Å²) in [5.74, 6) is -1.83. The number of methoxy groups -OCH3 is 1. The van der Waals surface area contributed by atoms with Gasteiger partial charge in [0, 0.05) is 25.6 Å². The highest BCUT2D eigenvalue weighted by atomic mass is 35.5. The number of piperidine rings is 1. The van der Waals surface area contributed by atoms with Gasteiger partial charge < -0.3 is 14.4 Å². The van der Waals surface area contributed by atoms with E-state index in [0.29, 0.717) is 19.4 Å². The van der Waals surface area contributed by atoms with E-state index < -0.39 is 33.8 Å². The Morgan fingerprint density at radius 3 is 2.55 bits per heavy atom. The fourth-order valence-electron chi connectivity index (χ4n) is 3.56. The van der Waals surface area contributed by atoms with E-state index in [0.717, 1.165) is 12.1 Å². The van der Waals surface area contributed by atoms with E-state index in [1.54, 1.807) is 0 Å². The number of sulfonamides is 1. The largest absolute Gasteiger partial charge is 0.467 e. The van der Waals surface area contributed by atoms with Gasteiger partial charge in [-0.25, -0.2) is 17.6 Å². The lowest BCUT2D eigenvalue weighted by atomic mass is 9.95. The molecular weight excluding hydrogens is 427 g/mol. The number of hydrogen-bond acceptors (Lipinski definition) is 6. The second-order valence-electron chi connectivity index (χ2n) is 6.90. The molecule has 2 saturated heterocycles. The minimum atomic E-state index is -3.84. The predicted molar refractivity (Wildman–Crippen MR) is 101 cm³/mol. The first-order valence-electron chi connectivity index (χ1n) is 9.17. The molecule has 2 aliphatic heterocycles. The topological polar surface area (TPSA) is 93.2 Å². The Kier molecular flexibility index (Phi) is 6.77. The van der Waals surface area contributed by atoms with Crippen LogP contribution in [0.1, 0.15) is 12.8 Å². The SMILES string of the molecule is COC(=O)[C@@H]1COCCN1C(=O)C1CCN(S(=O)(=O)c2ccc(F)c(Cl)c2)CC1. The summed E-state index contributed by atoms with van der Waals surface area (Å²) in [5.41, 5.74) is 0. The summed E-state index contributed by atoms with van der Waals surface area (Å²) in [6, 6.07) is 2.47. The molecule has 11 heteroatoms. The number of ether oxygens (including phenoxy) is 2. The van der Waals surface area contributed by atoms with Gasteiger partial charge in [-0.1, -0.05) is 11.6 Å². The van der Waals surface area contributed by atoms with Gasteiger partial charge in [0.2, 0.25) is 15.9 Å². The van der Waals surface area contributed by atoms with E-state index in [1.165, 1.54) is 22.4 Å². The zero-order valence-corrected chi connectivity index (χ0v) is 17.4. The van der Waals surface area contributed by atoms with Crippen molar-refractivity contribution in [1.82, 2.24) is 9.21 Å². The van der Waals surface area contributed by atoms with Gasteiger partial charge in [-0.3, -0.25) is 4.79 Å². The van der Waals surface area contributed by atoms with Crippen LogP contribution in [0.15, 0.2) is 23.1 Å². The standard InChI is InChI=1S/C18H22ClFN2O6S/c1-27-18(24)16-11-28-9-8-22(16)17(23)12-4-6-21(7-5-12)29(25,26)13-2-3-15(20)14(19)10-13/h2-3,10,12,16H,4-9,11H2,1H3/t16-/m0/s1. The zero-order valence-electron chi connectivity index (χ0n) is 15.8. The van der Waals surface area contributed by atoms with Crippen molar-refractivity contribution in [2.75, 3.05) is 40.0 Å². The van der Waals surface area contributed by atoms with Crippen molar-refractivity contribution in [2.24, 2.45) is 5.92 Å². The number of halogens is 2. The third-order valence-electron chi connectivity index (χ3n) is 5.22. The van der Waals surface area contributed by atoms with Crippen LogP contribution >= 0.6 is 11.6 Å². The summed E-state index contributed by atoms with van der Waals surface area (Å²) in [5, 5.41) is -0.266. The van der Waals surface area contributed by atoms with E-state index in [1.807, 2.05) is 0 Å². The van der Waals surface area contributed by atoms with E-state index in [9.17, 15) is 22.4 Å². The van der Waals surface area contributed by atoms with E-state index >= 15 is 0 Å². The number of esters is 1. The minimum absolute atomic E-state index is 0.0803. The van der Waals surface area contributed by atoms with Crippen LogP contribution in [-0.4, -0.2) is 75.5 Å². The third-order valence-corrected chi connectivity index (χ3v) is 7.40. The van der Waals surface area contributed by atoms with Crippen LogP contribution < -0.4 is 0 Å². The van der Waals surface area contributed by atoms with Gasteiger partial charge in [0.1, 0.15) is 5.82 Å². The highest BCUT2D eigenvalue weighted by Gasteiger charge is 2.39. The lowest BCUT2D eigenvalue weighted by Crippen LogP contribution is -2.55. The fourth-order valence-corrected chi connectivity index (χ4v) is 5.30. The summed E-state index contributed by atoms with van der Waals surface area (Å²) >= 11 is 5.70. The Hall–Kier alpha value is -1.75. The monoisotopic (exact) mass is 448 g/mol. The number of nitrogens with zero attached hydrogens (tertiary/aromatic N) is 2. The molecule has 3 rings (SSSR count). The van der Waals surface area contributed by atoms with Crippen LogP contribution in [0.5, 0.6) is 0 Å². The lowest BCUT2D eigenvalue weighted by molar-refractivity contribution is -0.163. The molecule has 0 N–H and O–H groups in total. The second-order valence-corrected chi connectivity index (χ2v) is 9.24.